The molecule has 0 spiro atoms. The molecule has 41 heavy (non-hydrogen) atoms. The molecule has 5 aromatic carbocycles. The van der Waals surface area contributed by atoms with Crippen LogP contribution < -0.4 is 15.8 Å². The molecule has 0 saturated heterocycles. The van der Waals surface area contributed by atoms with E-state index < -0.39 is 0 Å². The third-order valence-electron chi connectivity index (χ3n) is 9.24. The molecule has 2 aliphatic rings. The highest BCUT2D eigenvalue weighted by Crippen LogP contribution is 2.47. The Morgan fingerprint density at radius 2 is 1.20 bits per heavy atom. The lowest BCUT2D eigenvalue weighted by Gasteiger charge is -2.41. The van der Waals surface area contributed by atoms with Crippen LogP contribution in [0.25, 0.3) is 32.9 Å². The smallest absolute Gasteiger partial charge is 0.333 e. The maximum Gasteiger partial charge on any atom is 0.333 e. The van der Waals surface area contributed by atoms with Crippen molar-refractivity contribution in [1.29, 1.82) is 0 Å². The van der Waals surface area contributed by atoms with Crippen LogP contribution >= 0.6 is 0 Å². The minimum Gasteiger partial charge on any atom is -0.375 e. The van der Waals surface area contributed by atoms with E-state index in [2.05, 4.69) is 154 Å². The molecule has 0 saturated carbocycles. The Morgan fingerprint density at radius 3 is 1.95 bits per heavy atom. The molecule has 0 fully saturated rings. The van der Waals surface area contributed by atoms with Gasteiger partial charge in [-0.1, -0.05) is 102 Å². The molecule has 8 rings (SSSR count). The van der Waals surface area contributed by atoms with Crippen LogP contribution in [0, 0.1) is 0 Å². The van der Waals surface area contributed by atoms with Crippen LogP contribution in [0.2, 0.25) is 0 Å². The van der Waals surface area contributed by atoms with Gasteiger partial charge in [-0.3, -0.25) is 0 Å². The molecule has 2 aliphatic heterocycles. The monoisotopic (exact) mass is 530 g/mol. The van der Waals surface area contributed by atoms with Crippen LogP contribution in [0.3, 0.4) is 0 Å². The van der Waals surface area contributed by atoms with Crippen LogP contribution in [-0.2, 0) is 10.8 Å². The van der Waals surface area contributed by atoms with E-state index in [0.29, 0.717) is 0 Å². The van der Waals surface area contributed by atoms with Crippen molar-refractivity contribution in [3.05, 3.63) is 114 Å². The predicted molar refractivity (Wildman–Crippen MR) is 177 cm³/mol. The third-order valence-corrected chi connectivity index (χ3v) is 9.24. The molecule has 0 bridgehead atoms. The Balaban J connectivity index is 1.61. The SMILES string of the molecule is CC(C)(C)c1cc2c3c(c1)N(c1ccccc1)c1ccccc1B3n1c3ccccc3c3cc(C(C)(C)C)cc-2c31. The normalized spacial score (nSPS) is 14.0. The van der Waals surface area contributed by atoms with E-state index in [1.54, 1.807) is 0 Å². The largest absolute Gasteiger partial charge is 0.375 e. The summed E-state index contributed by atoms with van der Waals surface area (Å²) >= 11 is 0. The first kappa shape index (κ1) is 24.6. The van der Waals surface area contributed by atoms with E-state index >= 15 is 0 Å². The molecular formula is C38H35BN2. The summed E-state index contributed by atoms with van der Waals surface area (Å²) in [6.45, 7) is 14.1. The van der Waals surface area contributed by atoms with Crippen molar-refractivity contribution in [3.8, 4) is 11.1 Å². The van der Waals surface area contributed by atoms with Crippen LogP contribution in [-0.4, -0.2) is 11.3 Å². The summed E-state index contributed by atoms with van der Waals surface area (Å²) in [7, 11) is 0. The summed E-state index contributed by atoms with van der Waals surface area (Å²) < 4.78 is 2.65. The van der Waals surface area contributed by atoms with E-state index in [0.717, 1.165) is 0 Å². The molecule has 1 aromatic heterocycles. The van der Waals surface area contributed by atoms with Gasteiger partial charge in [0.15, 0.2) is 0 Å². The second-order valence-electron chi connectivity index (χ2n) is 13.9. The van der Waals surface area contributed by atoms with Crippen molar-refractivity contribution in [2.75, 3.05) is 4.90 Å². The van der Waals surface area contributed by atoms with Crippen molar-refractivity contribution < 1.29 is 0 Å². The Hall–Kier alpha value is -4.24. The number of hydrogen-bond donors (Lipinski definition) is 0. The molecule has 0 amide bonds. The highest BCUT2D eigenvalue weighted by molar-refractivity contribution is 6.90. The zero-order valence-electron chi connectivity index (χ0n) is 24.8. The maximum absolute atomic E-state index is 2.65. The number of anilines is 3. The van der Waals surface area contributed by atoms with Gasteiger partial charge in [0.05, 0.1) is 0 Å². The lowest BCUT2D eigenvalue weighted by molar-refractivity contribution is 0.590. The van der Waals surface area contributed by atoms with E-state index in [1.165, 1.54) is 72.0 Å². The van der Waals surface area contributed by atoms with Gasteiger partial charge in [-0.15, -0.1) is 0 Å². The van der Waals surface area contributed by atoms with Crippen LogP contribution in [0.4, 0.5) is 17.1 Å². The van der Waals surface area contributed by atoms with Gasteiger partial charge in [0.25, 0.3) is 0 Å². The van der Waals surface area contributed by atoms with Gasteiger partial charge in [0.1, 0.15) is 0 Å². The van der Waals surface area contributed by atoms with Crippen LogP contribution in [0.15, 0.2) is 103 Å². The van der Waals surface area contributed by atoms with Crippen molar-refractivity contribution >= 4 is 56.6 Å². The Morgan fingerprint density at radius 1 is 0.561 bits per heavy atom. The highest BCUT2D eigenvalue weighted by Gasteiger charge is 2.43. The second kappa shape index (κ2) is 8.16. The molecule has 3 heterocycles. The molecule has 0 N–H and O–H groups in total. The first-order valence-electron chi connectivity index (χ1n) is 14.8. The highest BCUT2D eigenvalue weighted by atomic mass is 15.2. The van der Waals surface area contributed by atoms with Crippen molar-refractivity contribution in [3.63, 3.8) is 0 Å². The first-order chi connectivity index (χ1) is 19.6. The van der Waals surface area contributed by atoms with E-state index in [1.807, 2.05) is 0 Å². The summed E-state index contributed by atoms with van der Waals surface area (Å²) in [6, 6.07) is 38.9. The maximum atomic E-state index is 2.65. The number of hydrogen-bond acceptors (Lipinski definition) is 1. The minimum atomic E-state index is 0.00522. The Labute approximate surface area is 243 Å². The third kappa shape index (κ3) is 3.38. The molecule has 0 aliphatic carbocycles. The molecule has 0 atom stereocenters. The Kier molecular flexibility index (Phi) is 4.89. The van der Waals surface area contributed by atoms with Crippen molar-refractivity contribution in [2.24, 2.45) is 0 Å². The summed E-state index contributed by atoms with van der Waals surface area (Å²) in [5.41, 5.74) is 14.7. The molecule has 0 radical (unpaired) electrons. The average Bonchev–Trinajstić information content (AvgIpc) is 3.29. The summed E-state index contributed by atoms with van der Waals surface area (Å²) in [5.74, 6) is 0. The van der Waals surface area contributed by atoms with Gasteiger partial charge in [0.2, 0.25) is 0 Å². The molecule has 200 valence electrons. The second-order valence-corrected chi connectivity index (χ2v) is 13.9. The molecule has 2 nitrogen and oxygen atoms in total. The van der Waals surface area contributed by atoms with E-state index in [-0.39, 0.29) is 17.7 Å². The van der Waals surface area contributed by atoms with Crippen molar-refractivity contribution in [1.82, 2.24) is 4.48 Å². The lowest BCUT2D eigenvalue weighted by atomic mass is 9.45. The van der Waals surface area contributed by atoms with E-state index in [4.69, 9.17) is 0 Å². The first-order valence-corrected chi connectivity index (χ1v) is 14.8. The quantitative estimate of drug-likeness (QED) is 0.193. The summed E-state index contributed by atoms with van der Waals surface area (Å²) in [5, 5.41) is 2.70. The Bertz CT molecular complexity index is 2020. The molecule has 3 heteroatoms. The van der Waals surface area contributed by atoms with Gasteiger partial charge in [-0.05, 0) is 80.9 Å². The number of fused-ring (bicyclic) bond motifs is 7. The number of nitrogens with zero attached hydrogens (tertiary/aromatic N) is 2. The fraction of sp³-hybridized carbons (Fsp3) is 0.211. The van der Waals surface area contributed by atoms with Gasteiger partial charge in [-0.2, -0.15) is 0 Å². The van der Waals surface area contributed by atoms with Gasteiger partial charge in [0, 0.05) is 44.4 Å². The zero-order valence-corrected chi connectivity index (χ0v) is 24.8. The lowest BCUT2D eigenvalue weighted by Crippen LogP contribution is -2.56. The molecule has 0 unspecified atom stereocenters. The van der Waals surface area contributed by atoms with Crippen molar-refractivity contribution in [2.45, 2.75) is 52.4 Å². The number of aromatic nitrogens is 1. The van der Waals surface area contributed by atoms with Gasteiger partial charge >= 0.3 is 6.85 Å². The minimum absolute atomic E-state index is 0.00522. The molecule has 6 aromatic rings. The zero-order chi connectivity index (χ0) is 28.3. The number of rotatable bonds is 1. The fourth-order valence-corrected chi connectivity index (χ4v) is 7.13. The molecular weight excluding hydrogens is 495 g/mol. The van der Waals surface area contributed by atoms with Crippen LogP contribution in [0.5, 0.6) is 0 Å². The fourth-order valence-electron chi connectivity index (χ4n) is 7.13. The topological polar surface area (TPSA) is 8.17 Å². The number of benzene rings is 5. The van der Waals surface area contributed by atoms with Crippen LogP contribution in [0.1, 0.15) is 52.7 Å². The van der Waals surface area contributed by atoms with E-state index in [9.17, 15) is 0 Å². The van der Waals surface area contributed by atoms with Gasteiger partial charge < -0.3 is 9.38 Å². The standard InChI is InChI=1S/C38H35BN2/c1-37(2,3)24-21-29-27-16-10-12-18-32(27)41-36(29)30(22-24)28-20-25(38(4,5)6)23-34-35(28)39(41)31-17-11-13-19-33(31)40(34)26-14-8-7-9-15-26/h7-23H,1-6H3. The number of para-hydroxylation sites is 3. The summed E-state index contributed by atoms with van der Waals surface area (Å²) in [4.78, 5) is 2.50. The van der Waals surface area contributed by atoms with Gasteiger partial charge in [-0.25, -0.2) is 0 Å². The predicted octanol–water partition coefficient (Wildman–Crippen LogP) is 8.81. The summed E-state index contributed by atoms with van der Waals surface area (Å²) in [6.07, 6.45) is 0. The average molecular weight is 531 g/mol.